The number of halogens is 1. The molecule has 3 fully saturated rings. The van der Waals surface area contributed by atoms with Crippen molar-refractivity contribution < 1.29 is 48.3 Å². The van der Waals surface area contributed by atoms with Gasteiger partial charge in [-0.3, -0.25) is 19.4 Å². The number of aliphatic hydroxyl groups excluding tert-OH is 1. The van der Waals surface area contributed by atoms with Crippen molar-refractivity contribution in [1.29, 1.82) is 0 Å². The third-order valence-electron chi connectivity index (χ3n) is 11.2. The molecule has 3 aliphatic heterocycles. The Labute approximate surface area is 332 Å². The Morgan fingerprint density at radius 2 is 1.80 bits per heavy atom. The average Bonchev–Trinajstić information content (AvgIpc) is 3.52. The maximum Gasteiger partial charge on any atom is 0.316 e. The van der Waals surface area contributed by atoms with Crippen LogP contribution in [0.4, 0.5) is 0 Å². The number of thiophene rings is 1. The van der Waals surface area contributed by atoms with Gasteiger partial charge in [-0.1, -0.05) is 27.7 Å². The molecule has 0 unspecified atom stereocenters. The monoisotopic (exact) mass is 841 g/mol. The van der Waals surface area contributed by atoms with E-state index in [4.69, 9.17) is 28.7 Å². The van der Waals surface area contributed by atoms with Gasteiger partial charge in [0, 0.05) is 35.4 Å². The summed E-state index contributed by atoms with van der Waals surface area (Å²) in [5.41, 5.74) is -2.13. The molecule has 0 saturated carbocycles. The number of carbonyl (C=O) groups is 3. The van der Waals surface area contributed by atoms with Gasteiger partial charge in [0.1, 0.15) is 23.7 Å². The highest BCUT2D eigenvalue weighted by Crippen LogP contribution is 2.40. The predicted molar refractivity (Wildman–Crippen MR) is 210 cm³/mol. The smallest absolute Gasteiger partial charge is 0.316 e. The van der Waals surface area contributed by atoms with Crippen molar-refractivity contribution in [1.82, 2.24) is 4.90 Å². The number of fused-ring (bicyclic) bond motifs is 5. The number of hydrogen-bond donors (Lipinski definition) is 2. The number of esters is 1. The lowest BCUT2D eigenvalue weighted by atomic mass is 9.73. The number of Topliss-reactive ketones (excluding diaryl/α,β-unsaturated/α-hetero) is 1. The lowest BCUT2D eigenvalue weighted by molar-refractivity contribution is -0.296. The molecule has 2 N–H and O–H groups in total. The summed E-state index contributed by atoms with van der Waals surface area (Å²) in [6.45, 7) is 15.6. The minimum absolute atomic E-state index is 0.0358. The number of carbonyl (C=O) groups excluding carboxylic acids is 3. The molecule has 4 heterocycles. The molecular weight excluding hydrogens is 782 g/mol. The largest absolute Gasteiger partial charge is 0.459 e. The Kier molecular flexibility index (Phi) is 15.4. The predicted octanol–water partition coefficient (Wildman–Crippen LogP) is 5.01. The molecule has 3 saturated heterocycles. The molecule has 15 heteroatoms. The number of hydrogen-bond acceptors (Lipinski definition) is 13. The van der Waals surface area contributed by atoms with Crippen molar-refractivity contribution in [3.8, 4) is 0 Å². The van der Waals surface area contributed by atoms with Gasteiger partial charge >= 0.3 is 5.97 Å². The molecule has 1 aromatic rings. The fourth-order valence-electron chi connectivity index (χ4n) is 8.27. The lowest BCUT2D eigenvalue weighted by Gasteiger charge is -2.47. The zero-order valence-corrected chi connectivity index (χ0v) is 35.9. The molecule has 0 aliphatic carbocycles. The Bertz CT molecular complexity index is 1550. The number of nitrogens with zero attached hydrogens (tertiary/aromatic N) is 3. The minimum Gasteiger partial charge on any atom is -0.459 e. The Balaban J connectivity index is 1.97. The van der Waals surface area contributed by atoms with Crippen molar-refractivity contribution in [3.63, 3.8) is 0 Å². The first-order valence-electron chi connectivity index (χ1n) is 18.9. The number of amides is 1. The molecule has 0 radical (unpaired) electrons. The fourth-order valence-corrected chi connectivity index (χ4v) is 9.68. The summed E-state index contributed by atoms with van der Waals surface area (Å²) in [4.78, 5) is 53.3. The Hall–Kier alpha value is -1.95. The van der Waals surface area contributed by atoms with Gasteiger partial charge in [0.15, 0.2) is 12.1 Å². The van der Waals surface area contributed by atoms with Crippen LogP contribution in [0, 0.1) is 23.7 Å². The second-order valence-electron chi connectivity index (χ2n) is 16.0. The van der Waals surface area contributed by atoms with Crippen molar-refractivity contribution in [3.05, 3.63) is 20.8 Å². The highest BCUT2D eigenvalue weighted by Gasteiger charge is 2.53. The fraction of sp³-hybridized carbons (Fsp3) is 0.769. The van der Waals surface area contributed by atoms with Gasteiger partial charge in [-0.25, -0.2) is 4.99 Å². The first-order chi connectivity index (χ1) is 25.2. The number of aliphatic hydroxyl groups is 2. The second-order valence-corrected chi connectivity index (χ2v) is 18.5. The van der Waals surface area contributed by atoms with Gasteiger partial charge in [0.05, 0.1) is 53.2 Å². The van der Waals surface area contributed by atoms with E-state index < -0.39 is 83.2 Å². The summed E-state index contributed by atoms with van der Waals surface area (Å²) >= 11 is 5.07. The molecule has 3 aliphatic rings. The highest BCUT2D eigenvalue weighted by molar-refractivity contribution is 9.11. The Morgan fingerprint density at radius 1 is 1.11 bits per heavy atom. The molecular formula is C39H60BrN3O10S. The van der Waals surface area contributed by atoms with Crippen LogP contribution in [0.5, 0.6) is 0 Å². The number of cyclic esters (lactones) is 1. The van der Waals surface area contributed by atoms with E-state index in [9.17, 15) is 24.6 Å². The van der Waals surface area contributed by atoms with E-state index in [0.29, 0.717) is 24.4 Å². The van der Waals surface area contributed by atoms with Crippen molar-refractivity contribution in [2.75, 3.05) is 27.3 Å². The van der Waals surface area contributed by atoms with Gasteiger partial charge in [-0.2, -0.15) is 0 Å². The number of rotatable bonds is 6. The molecule has 54 heavy (non-hydrogen) atoms. The second kappa shape index (κ2) is 18.5. The van der Waals surface area contributed by atoms with Crippen LogP contribution in [-0.2, 0) is 44.6 Å². The third-order valence-corrected chi connectivity index (χ3v) is 12.8. The standard InChI is InChI=1S/C39H60BrN3O10S/c1-12-29-39(9,48)35-22(4)31(42-25(7)44)20(2)16-38(8,50-19-26(18-49-35)41-17-27-13-14-30(40)54-27)34(23(5)32(45)24(6)36(47)52-29)53-37-33(46)28(43(10)11)15-21(3)51-37/h13-14,20-24,28-29,33-35,37,46,48H,12,15-19H2,1-11H3/t20-,21-,22+,23+,24-,28+,29-,33-,34-,35+,37+,38-,39-/m1/s1. The summed E-state index contributed by atoms with van der Waals surface area (Å²) in [6, 6.07) is 3.63. The molecule has 1 aromatic heterocycles. The normalized spacial score (nSPS) is 40.6. The molecule has 4 rings (SSSR count). The summed E-state index contributed by atoms with van der Waals surface area (Å²) in [6.07, 6.45) is -4.72. The van der Waals surface area contributed by atoms with E-state index in [-0.39, 0.29) is 38.2 Å². The van der Waals surface area contributed by atoms with Crippen LogP contribution in [-0.4, -0.2) is 126 Å². The topological polar surface area (TPSA) is 166 Å². The van der Waals surface area contributed by atoms with Crippen LogP contribution < -0.4 is 0 Å². The van der Waals surface area contributed by atoms with E-state index in [1.54, 1.807) is 32.1 Å². The Morgan fingerprint density at radius 3 is 2.39 bits per heavy atom. The van der Waals surface area contributed by atoms with Crippen LogP contribution in [0.2, 0.25) is 0 Å². The van der Waals surface area contributed by atoms with E-state index in [1.165, 1.54) is 13.8 Å². The van der Waals surface area contributed by atoms with Gasteiger partial charge in [0.2, 0.25) is 5.91 Å². The third kappa shape index (κ3) is 10.3. The van der Waals surface area contributed by atoms with Gasteiger partial charge in [0.25, 0.3) is 0 Å². The quantitative estimate of drug-likeness (QED) is 0.292. The van der Waals surface area contributed by atoms with Gasteiger partial charge in [-0.15, -0.1) is 11.3 Å². The molecule has 13 atom stereocenters. The van der Waals surface area contributed by atoms with Crippen molar-refractivity contribution in [2.45, 2.75) is 142 Å². The molecule has 1 amide bonds. The maximum absolute atomic E-state index is 14.4. The maximum atomic E-state index is 14.4. The van der Waals surface area contributed by atoms with Crippen LogP contribution in [0.1, 0.15) is 86.5 Å². The first kappa shape index (κ1) is 44.8. The first-order valence-corrected chi connectivity index (χ1v) is 20.5. The van der Waals surface area contributed by atoms with Crippen molar-refractivity contribution >= 4 is 56.3 Å². The average molecular weight is 843 g/mol. The van der Waals surface area contributed by atoms with Crippen LogP contribution in [0.25, 0.3) is 0 Å². The molecule has 0 spiro atoms. The summed E-state index contributed by atoms with van der Waals surface area (Å²) in [7, 11) is 3.76. The van der Waals surface area contributed by atoms with E-state index in [1.807, 2.05) is 58.8 Å². The molecule has 304 valence electrons. The summed E-state index contributed by atoms with van der Waals surface area (Å²) < 4.78 is 33.5. The zero-order valence-electron chi connectivity index (χ0n) is 33.5. The molecule has 13 nitrogen and oxygen atoms in total. The molecule has 2 bridgehead atoms. The van der Waals surface area contributed by atoms with Crippen LogP contribution in [0.3, 0.4) is 0 Å². The van der Waals surface area contributed by atoms with Gasteiger partial charge < -0.3 is 38.8 Å². The minimum atomic E-state index is -1.79. The lowest BCUT2D eigenvalue weighted by Crippen LogP contribution is -2.60. The highest BCUT2D eigenvalue weighted by atomic mass is 79.9. The van der Waals surface area contributed by atoms with Gasteiger partial charge in [-0.05, 0) is 95.0 Å². The van der Waals surface area contributed by atoms with E-state index >= 15 is 0 Å². The number of ketones is 1. The van der Waals surface area contributed by atoms with E-state index in [0.717, 1.165) is 8.66 Å². The number of likely N-dealkylation sites (N-methyl/N-ethyl adjacent to an activating group) is 1. The number of ether oxygens (including phenoxy) is 5. The van der Waals surface area contributed by atoms with E-state index in [2.05, 4.69) is 20.9 Å². The summed E-state index contributed by atoms with van der Waals surface area (Å²) in [5.74, 6) is -5.05. The SMILES string of the molecule is CC[C@H]1OC(=O)[C@H](C)C(=O)[C@H](C)[C@@H](O[C@@H]2O[C@H](C)C[C@H](N(C)C)[C@H]2O)[C@@]2(C)C[C@@H](C)C(=NC(C)=O)[C@H](C)[C@H](OCC(=NCc3ccc(Br)s3)CO2)[C@]1(C)O. The zero-order chi connectivity index (χ0) is 40.3. The summed E-state index contributed by atoms with van der Waals surface area (Å²) in [5, 5.41) is 24.0. The van der Waals surface area contributed by atoms with Crippen LogP contribution >= 0.6 is 27.3 Å². The van der Waals surface area contributed by atoms with Crippen molar-refractivity contribution in [2.24, 2.45) is 33.7 Å². The van der Waals surface area contributed by atoms with Crippen LogP contribution in [0.15, 0.2) is 25.9 Å². The number of aliphatic imine (C=N–C) groups is 2. The molecule has 0 aromatic carbocycles.